The first-order chi connectivity index (χ1) is 9.00. The summed E-state index contributed by atoms with van der Waals surface area (Å²) in [6, 6.07) is 5.76. The normalized spacial score (nSPS) is 16.3. The van der Waals surface area contributed by atoms with E-state index >= 15 is 0 Å². The molecule has 1 aliphatic rings. The lowest BCUT2D eigenvalue weighted by molar-refractivity contribution is 0.388. The predicted octanol–water partition coefficient (Wildman–Crippen LogP) is 2.78. The molecule has 1 heterocycles. The van der Waals surface area contributed by atoms with Crippen LogP contribution in [0.4, 0.5) is 5.69 Å². The molecule has 0 fully saturated rings. The van der Waals surface area contributed by atoms with Crippen LogP contribution < -0.4 is 5.73 Å². The third kappa shape index (κ3) is 1.93. The van der Waals surface area contributed by atoms with Crippen molar-refractivity contribution in [3.63, 3.8) is 0 Å². The lowest BCUT2D eigenvalue weighted by Crippen LogP contribution is -2.11. The van der Waals surface area contributed by atoms with Gasteiger partial charge in [0.25, 0.3) is 0 Å². The lowest BCUT2D eigenvalue weighted by Gasteiger charge is -2.15. The molecular weight excluding hydrogens is 236 g/mol. The van der Waals surface area contributed by atoms with E-state index in [-0.39, 0.29) is 0 Å². The number of hydrogen-bond donors (Lipinski definition) is 3. The fraction of sp³-hybridized carbons (Fsp3) is 0.333. The van der Waals surface area contributed by atoms with Crippen molar-refractivity contribution in [2.45, 2.75) is 26.7 Å². The van der Waals surface area contributed by atoms with E-state index in [0.29, 0.717) is 11.1 Å². The molecule has 0 aliphatic heterocycles. The molecule has 1 aromatic carbocycles. The van der Waals surface area contributed by atoms with Crippen LogP contribution >= 0.6 is 0 Å². The summed E-state index contributed by atoms with van der Waals surface area (Å²) in [4.78, 5) is 0. The van der Waals surface area contributed by atoms with Crippen molar-refractivity contribution < 1.29 is 0 Å². The van der Waals surface area contributed by atoms with Crippen LogP contribution in [-0.4, -0.2) is 16.4 Å². The second-order valence-corrected chi connectivity index (χ2v) is 6.04. The highest BCUT2D eigenvalue weighted by molar-refractivity contribution is 5.87. The number of nitrogens with one attached hydrogen (secondary N) is 2. The molecule has 1 aromatic heterocycles. The minimum atomic E-state index is 0.303. The van der Waals surface area contributed by atoms with Gasteiger partial charge >= 0.3 is 0 Å². The first-order valence-electron chi connectivity index (χ1n) is 6.47. The fourth-order valence-corrected chi connectivity index (χ4v) is 2.84. The van der Waals surface area contributed by atoms with Gasteiger partial charge in [-0.25, -0.2) is 0 Å². The lowest BCUT2D eigenvalue weighted by atomic mass is 9.90. The van der Waals surface area contributed by atoms with Gasteiger partial charge in [0.2, 0.25) is 0 Å². The Bertz CT molecular complexity index is 652. The van der Waals surface area contributed by atoms with Crippen molar-refractivity contribution in [3.8, 4) is 11.3 Å². The van der Waals surface area contributed by atoms with Gasteiger partial charge in [-0.15, -0.1) is 0 Å². The van der Waals surface area contributed by atoms with E-state index in [9.17, 15) is 0 Å². The Morgan fingerprint density at radius 1 is 1.37 bits per heavy atom. The van der Waals surface area contributed by atoms with Crippen molar-refractivity contribution in [2.75, 3.05) is 5.73 Å². The van der Waals surface area contributed by atoms with Gasteiger partial charge in [-0.1, -0.05) is 19.9 Å². The molecule has 0 saturated carbocycles. The molecule has 2 aromatic rings. The minimum absolute atomic E-state index is 0.303. The molecule has 3 rings (SSSR count). The van der Waals surface area contributed by atoms with E-state index < -0.39 is 0 Å². The third-order valence-corrected chi connectivity index (χ3v) is 3.78. The zero-order valence-electron chi connectivity index (χ0n) is 11.2. The number of nitrogen functional groups attached to an aromatic ring is 1. The van der Waals surface area contributed by atoms with Gasteiger partial charge in [0.05, 0.1) is 5.69 Å². The Labute approximate surface area is 112 Å². The molecule has 0 amide bonds. The van der Waals surface area contributed by atoms with Crippen LogP contribution in [0, 0.1) is 10.8 Å². The highest BCUT2D eigenvalue weighted by Gasteiger charge is 2.32. The van der Waals surface area contributed by atoms with E-state index in [0.717, 1.165) is 29.7 Å². The standard InChI is InChI=1S/C15H18N4/c1-15(2)6-11-13(7-15)18-19-14(11)9-3-4-12(17)10(5-9)8-16/h3-5,8,16H,6-7,17H2,1-2H3,(H,18,19). The van der Waals surface area contributed by atoms with Crippen LogP contribution in [0.2, 0.25) is 0 Å². The number of rotatable bonds is 2. The number of benzene rings is 1. The number of hydrogen-bond acceptors (Lipinski definition) is 3. The van der Waals surface area contributed by atoms with Crippen molar-refractivity contribution in [3.05, 3.63) is 35.0 Å². The Hall–Kier alpha value is -2.10. The molecular formula is C15H18N4. The Morgan fingerprint density at radius 2 is 2.16 bits per heavy atom. The van der Waals surface area contributed by atoms with Crippen molar-refractivity contribution >= 4 is 11.9 Å². The van der Waals surface area contributed by atoms with Crippen LogP contribution in [0.1, 0.15) is 30.7 Å². The number of aromatic amines is 1. The number of nitrogens with two attached hydrogens (primary N) is 1. The first kappa shape index (κ1) is 12.0. The number of anilines is 1. The van der Waals surface area contributed by atoms with Gasteiger partial charge in [-0.2, -0.15) is 5.10 Å². The average Bonchev–Trinajstić information content (AvgIpc) is 2.85. The van der Waals surface area contributed by atoms with E-state index in [1.807, 2.05) is 18.2 Å². The van der Waals surface area contributed by atoms with Crippen molar-refractivity contribution in [2.24, 2.45) is 5.41 Å². The Morgan fingerprint density at radius 3 is 2.89 bits per heavy atom. The SMILES string of the molecule is CC1(C)Cc2[nH]nc(-c3ccc(N)c(C=N)c3)c2C1. The Balaban J connectivity index is 2.08. The second kappa shape index (κ2) is 3.95. The quantitative estimate of drug-likeness (QED) is 0.569. The topological polar surface area (TPSA) is 78.6 Å². The summed E-state index contributed by atoms with van der Waals surface area (Å²) >= 11 is 0. The van der Waals surface area contributed by atoms with Gasteiger partial charge < -0.3 is 11.1 Å². The molecule has 0 saturated heterocycles. The molecule has 19 heavy (non-hydrogen) atoms. The monoisotopic (exact) mass is 254 g/mol. The molecule has 0 unspecified atom stereocenters. The molecule has 98 valence electrons. The van der Waals surface area contributed by atoms with Gasteiger partial charge in [0.1, 0.15) is 0 Å². The van der Waals surface area contributed by atoms with E-state index in [1.165, 1.54) is 17.5 Å². The van der Waals surface area contributed by atoms with Crippen LogP contribution in [0.15, 0.2) is 18.2 Å². The van der Waals surface area contributed by atoms with Gasteiger partial charge in [-0.3, -0.25) is 5.10 Å². The zero-order valence-corrected chi connectivity index (χ0v) is 11.2. The molecule has 0 atom stereocenters. The average molecular weight is 254 g/mol. The second-order valence-electron chi connectivity index (χ2n) is 6.04. The van der Waals surface area contributed by atoms with Crippen LogP contribution in [0.25, 0.3) is 11.3 Å². The van der Waals surface area contributed by atoms with Gasteiger partial charge in [-0.05, 0) is 30.4 Å². The maximum absolute atomic E-state index is 7.39. The minimum Gasteiger partial charge on any atom is -0.398 e. The molecule has 0 radical (unpaired) electrons. The number of fused-ring (bicyclic) bond motifs is 1. The zero-order chi connectivity index (χ0) is 13.6. The summed E-state index contributed by atoms with van der Waals surface area (Å²) in [5.41, 5.74) is 12.1. The van der Waals surface area contributed by atoms with Crippen molar-refractivity contribution in [1.29, 1.82) is 5.41 Å². The fourth-order valence-electron chi connectivity index (χ4n) is 2.84. The largest absolute Gasteiger partial charge is 0.398 e. The molecule has 4 heteroatoms. The van der Waals surface area contributed by atoms with Crippen molar-refractivity contribution in [1.82, 2.24) is 10.2 Å². The smallest absolute Gasteiger partial charge is 0.0955 e. The molecule has 0 bridgehead atoms. The first-order valence-corrected chi connectivity index (χ1v) is 6.47. The molecule has 4 nitrogen and oxygen atoms in total. The molecule has 0 spiro atoms. The number of aromatic nitrogens is 2. The van der Waals surface area contributed by atoms with E-state index in [2.05, 4.69) is 24.0 Å². The molecule has 4 N–H and O–H groups in total. The highest BCUT2D eigenvalue weighted by Crippen LogP contribution is 2.39. The van der Waals surface area contributed by atoms with E-state index in [1.54, 1.807) is 0 Å². The summed E-state index contributed by atoms with van der Waals surface area (Å²) < 4.78 is 0. The maximum Gasteiger partial charge on any atom is 0.0955 e. The maximum atomic E-state index is 7.39. The summed E-state index contributed by atoms with van der Waals surface area (Å²) in [6.45, 7) is 4.55. The summed E-state index contributed by atoms with van der Waals surface area (Å²) in [5.74, 6) is 0. The van der Waals surface area contributed by atoms with E-state index in [4.69, 9.17) is 11.1 Å². The van der Waals surface area contributed by atoms with Crippen LogP contribution in [0.5, 0.6) is 0 Å². The third-order valence-electron chi connectivity index (χ3n) is 3.78. The highest BCUT2D eigenvalue weighted by atomic mass is 15.1. The van der Waals surface area contributed by atoms with Gasteiger partial charge in [0, 0.05) is 34.3 Å². The predicted molar refractivity (Wildman–Crippen MR) is 77.5 cm³/mol. The molecule has 1 aliphatic carbocycles. The summed E-state index contributed by atoms with van der Waals surface area (Å²) in [7, 11) is 0. The Kier molecular flexibility index (Phi) is 2.49. The van der Waals surface area contributed by atoms with Crippen LogP contribution in [0.3, 0.4) is 0 Å². The van der Waals surface area contributed by atoms with Gasteiger partial charge in [0.15, 0.2) is 0 Å². The summed E-state index contributed by atoms with van der Waals surface area (Å²) in [6.07, 6.45) is 3.37. The summed E-state index contributed by atoms with van der Waals surface area (Å²) in [5, 5.41) is 15.0. The number of H-pyrrole nitrogens is 1. The number of nitrogens with zero attached hydrogens (tertiary/aromatic N) is 1. The van der Waals surface area contributed by atoms with Crippen LogP contribution in [-0.2, 0) is 12.8 Å².